The van der Waals surface area contributed by atoms with E-state index < -0.39 is 34.4 Å². The molecule has 27 heavy (non-hydrogen) atoms. The number of sulfone groups is 1. The monoisotopic (exact) mass is 393 g/mol. The van der Waals surface area contributed by atoms with Gasteiger partial charge in [-0.05, 0) is 18.6 Å². The van der Waals surface area contributed by atoms with Crippen LogP contribution in [0.4, 0.5) is 5.69 Å². The predicted molar refractivity (Wildman–Crippen MR) is 96.8 cm³/mol. The second kappa shape index (κ2) is 7.87. The second-order valence-corrected chi connectivity index (χ2v) is 8.55. The molecule has 0 unspecified atom stereocenters. The number of hydrogen-bond acceptors (Lipinski definition) is 7. The number of rotatable bonds is 5. The maximum atomic E-state index is 12.7. The number of hydrazone groups is 1. The highest BCUT2D eigenvalue weighted by Gasteiger charge is 2.36. The summed E-state index contributed by atoms with van der Waals surface area (Å²) >= 11 is 0. The van der Waals surface area contributed by atoms with Crippen LogP contribution < -0.4 is 10.3 Å². The van der Waals surface area contributed by atoms with Crippen molar-refractivity contribution in [3.63, 3.8) is 0 Å². The van der Waals surface area contributed by atoms with Crippen molar-refractivity contribution >= 4 is 39.0 Å². The molecule has 1 aromatic carbocycles. The summed E-state index contributed by atoms with van der Waals surface area (Å²) in [6, 6.07) is 8.16. The van der Waals surface area contributed by atoms with Gasteiger partial charge in [-0.25, -0.2) is 18.6 Å². The fourth-order valence-electron chi connectivity index (χ4n) is 3.03. The van der Waals surface area contributed by atoms with Crippen molar-refractivity contribution in [2.75, 3.05) is 23.0 Å². The first-order valence-corrected chi connectivity index (χ1v) is 10.3. The van der Waals surface area contributed by atoms with Gasteiger partial charge in [0.05, 0.1) is 17.5 Å². The van der Waals surface area contributed by atoms with Gasteiger partial charge in [-0.2, -0.15) is 5.10 Å². The van der Waals surface area contributed by atoms with Crippen LogP contribution in [-0.4, -0.2) is 56.1 Å². The van der Waals surface area contributed by atoms with E-state index in [1.807, 2.05) is 0 Å². The molecule has 3 rings (SSSR count). The summed E-state index contributed by atoms with van der Waals surface area (Å²) in [6.07, 6.45) is 0.593. The molecule has 1 aromatic rings. The third-order valence-corrected chi connectivity index (χ3v) is 6.09. The minimum Gasteiger partial charge on any atom is -0.451 e. The molecule has 1 N–H and O–H groups in total. The molecule has 0 radical (unpaired) electrons. The van der Waals surface area contributed by atoms with Crippen LogP contribution in [0.2, 0.25) is 0 Å². The van der Waals surface area contributed by atoms with Crippen LogP contribution in [-0.2, 0) is 29.0 Å². The lowest BCUT2D eigenvalue weighted by Crippen LogP contribution is -2.44. The molecule has 1 fully saturated rings. The largest absolute Gasteiger partial charge is 0.451 e. The third-order valence-electron chi connectivity index (χ3n) is 4.34. The molecular weight excluding hydrogens is 374 g/mol. The highest BCUT2D eigenvalue weighted by atomic mass is 32.2. The lowest BCUT2D eigenvalue weighted by Gasteiger charge is -2.28. The number of nitrogens with zero attached hydrogens (tertiary/aromatic N) is 2. The molecule has 0 aliphatic carbocycles. The van der Waals surface area contributed by atoms with Gasteiger partial charge in [0.25, 0.3) is 5.91 Å². The zero-order valence-electron chi connectivity index (χ0n) is 14.5. The minimum atomic E-state index is -3.20. The smallest absolute Gasteiger partial charge is 0.355 e. The topological polar surface area (TPSA) is 122 Å². The van der Waals surface area contributed by atoms with Crippen molar-refractivity contribution in [2.45, 2.75) is 25.3 Å². The van der Waals surface area contributed by atoms with Gasteiger partial charge in [-0.15, -0.1) is 0 Å². The molecule has 0 saturated carbocycles. The third kappa shape index (κ3) is 4.70. The molecule has 2 aliphatic rings. The van der Waals surface area contributed by atoms with E-state index in [4.69, 9.17) is 4.74 Å². The lowest BCUT2D eigenvalue weighted by molar-refractivity contribution is -0.141. The molecule has 1 saturated heterocycles. The van der Waals surface area contributed by atoms with Crippen LogP contribution in [0.1, 0.15) is 19.3 Å². The molecule has 0 bridgehead atoms. The standard InChI is InChI=1S/C17H19N3O6S/c21-15-7-6-14(18-19-15)17(23)26-10-16(22)20(12-4-2-1-3-5-12)13-8-9-27(24,25)11-13/h1-5,13H,6-11H2,(H,19,21)/t13-/m1/s1. The van der Waals surface area contributed by atoms with Gasteiger partial charge in [-0.1, -0.05) is 18.2 Å². The summed E-state index contributed by atoms with van der Waals surface area (Å²) in [5.41, 5.74) is 2.77. The number of para-hydroxylation sites is 1. The highest BCUT2D eigenvalue weighted by molar-refractivity contribution is 7.91. The SMILES string of the molecule is O=C1CCC(C(=O)OCC(=O)N(c2ccccc2)[C@@H]2CCS(=O)(=O)C2)=NN1. The number of benzene rings is 1. The van der Waals surface area contributed by atoms with Crippen molar-refractivity contribution in [2.24, 2.45) is 5.10 Å². The van der Waals surface area contributed by atoms with Crippen molar-refractivity contribution in [3.05, 3.63) is 30.3 Å². The average Bonchev–Trinajstić information content (AvgIpc) is 3.00. The fourth-order valence-corrected chi connectivity index (χ4v) is 4.73. The Morgan fingerprint density at radius 1 is 1.22 bits per heavy atom. The van der Waals surface area contributed by atoms with E-state index in [0.717, 1.165) is 0 Å². The van der Waals surface area contributed by atoms with Gasteiger partial charge in [0.15, 0.2) is 16.4 Å². The summed E-state index contributed by atoms with van der Waals surface area (Å²) < 4.78 is 28.7. The Balaban J connectivity index is 1.70. The number of ether oxygens (including phenoxy) is 1. The van der Waals surface area contributed by atoms with Crippen LogP contribution in [0, 0.1) is 0 Å². The van der Waals surface area contributed by atoms with Crippen LogP contribution in [0.15, 0.2) is 35.4 Å². The summed E-state index contributed by atoms with van der Waals surface area (Å²) in [5.74, 6) is -1.70. The number of nitrogens with one attached hydrogen (secondary N) is 1. The number of carbonyl (C=O) groups is 3. The van der Waals surface area contributed by atoms with Gasteiger partial charge in [0, 0.05) is 18.5 Å². The number of hydrogen-bond donors (Lipinski definition) is 1. The van der Waals surface area contributed by atoms with Crippen LogP contribution >= 0.6 is 0 Å². The number of esters is 1. The maximum Gasteiger partial charge on any atom is 0.355 e. The molecule has 0 spiro atoms. The molecule has 2 amide bonds. The summed E-state index contributed by atoms with van der Waals surface area (Å²) in [5, 5.41) is 3.63. The zero-order chi connectivity index (χ0) is 19.4. The van der Waals surface area contributed by atoms with Crippen LogP contribution in [0.3, 0.4) is 0 Å². The first-order chi connectivity index (χ1) is 12.9. The average molecular weight is 393 g/mol. The van der Waals surface area contributed by atoms with E-state index in [1.54, 1.807) is 30.3 Å². The van der Waals surface area contributed by atoms with E-state index in [-0.39, 0.29) is 36.0 Å². The summed E-state index contributed by atoms with van der Waals surface area (Å²) in [4.78, 5) is 37.2. The Morgan fingerprint density at radius 3 is 2.56 bits per heavy atom. The molecule has 2 heterocycles. The second-order valence-electron chi connectivity index (χ2n) is 6.33. The quantitative estimate of drug-likeness (QED) is 0.704. The highest BCUT2D eigenvalue weighted by Crippen LogP contribution is 2.24. The van der Waals surface area contributed by atoms with Crippen molar-refractivity contribution in [3.8, 4) is 0 Å². The van der Waals surface area contributed by atoms with Gasteiger partial charge in [0.1, 0.15) is 5.71 Å². The summed E-state index contributed by atoms with van der Waals surface area (Å²) in [7, 11) is -3.20. The summed E-state index contributed by atoms with van der Waals surface area (Å²) in [6.45, 7) is -0.544. The normalized spacial score (nSPS) is 21.1. The molecule has 0 aromatic heterocycles. The van der Waals surface area contributed by atoms with Crippen molar-refractivity contribution in [1.29, 1.82) is 0 Å². The molecule has 9 nitrogen and oxygen atoms in total. The Labute approximate surface area is 156 Å². The predicted octanol–water partition coefficient (Wildman–Crippen LogP) is 0.0159. The van der Waals surface area contributed by atoms with E-state index in [9.17, 15) is 22.8 Å². The van der Waals surface area contributed by atoms with Crippen molar-refractivity contribution in [1.82, 2.24) is 5.43 Å². The minimum absolute atomic E-state index is 0.0184. The Hall–Kier alpha value is -2.75. The van der Waals surface area contributed by atoms with Gasteiger partial charge in [-0.3, -0.25) is 9.59 Å². The Bertz CT molecular complexity index is 881. The number of carbonyl (C=O) groups excluding carboxylic acids is 3. The van der Waals surface area contributed by atoms with Crippen molar-refractivity contribution < 1.29 is 27.5 Å². The Morgan fingerprint density at radius 2 is 1.96 bits per heavy atom. The van der Waals surface area contributed by atoms with Gasteiger partial charge < -0.3 is 9.64 Å². The molecular formula is C17H19N3O6S. The first kappa shape index (κ1) is 19.0. The number of anilines is 1. The molecule has 2 aliphatic heterocycles. The molecule has 10 heteroatoms. The lowest BCUT2D eigenvalue weighted by atomic mass is 10.1. The van der Waals surface area contributed by atoms with E-state index in [1.165, 1.54) is 4.90 Å². The Kier molecular flexibility index (Phi) is 5.54. The van der Waals surface area contributed by atoms with Gasteiger partial charge in [0.2, 0.25) is 5.91 Å². The van der Waals surface area contributed by atoms with E-state index in [2.05, 4.69) is 10.5 Å². The fraction of sp³-hybridized carbons (Fsp3) is 0.412. The molecule has 144 valence electrons. The number of amides is 2. The van der Waals surface area contributed by atoms with Gasteiger partial charge >= 0.3 is 5.97 Å². The van der Waals surface area contributed by atoms with E-state index >= 15 is 0 Å². The maximum absolute atomic E-state index is 12.7. The van der Waals surface area contributed by atoms with Crippen LogP contribution in [0.5, 0.6) is 0 Å². The molecule has 1 atom stereocenters. The first-order valence-electron chi connectivity index (χ1n) is 8.46. The zero-order valence-corrected chi connectivity index (χ0v) is 15.3. The van der Waals surface area contributed by atoms with Crippen LogP contribution in [0.25, 0.3) is 0 Å². The van der Waals surface area contributed by atoms with E-state index in [0.29, 0.717) is 12.1 Å².